The average molecular weight is 427 g/mol. The Balaban J connectivity index is 1.94. The van der Waals surface area contributed by atoms with Crippen LogP contribution in [0.5, 0.6) is 0 Å². The van der Waals surface area contributed by atoms with E-state index in [0.29, 0.717) is 23.5 Å². The van der Waals surface area contributed by atoms with E-state index in [2.05, 4.69) is 16.0 Å². The van der Waals surface area contributed by atoms with Crippen LogP contribution in [0.1, 0.15) is 19.4 Å². The minimum atomic E-state index is -0.551. The summed E-state index contributed by atoms with van der Waals surface area (Å²) in [5.74, 6) is -0.958. The fourth-order valence-corrected chi connectivity index (χ4v) is 2.87. The molecule has 0 radical (unpaired) electrons. The van der Waals surface area contributed by atoms with Crippen molar-refractivity contribution in [2.75, 3.05) is 35.6 Å². The fraction of sp³-hybridized carbons (Fsp3) is 0.286. The predicted molar refractivity (Wildman–Crippen MR) is 118 cm³/mol. The third kappa shape index (κ3) is 7.19. The lowest BCUT2D eigenvalue weighted by atomic mass is 10.1. The highest BCUT2D eigenvalue weighted by molar-refractivity contribution is 5.96. The summed E-state index contributed by atoms with van der Waals surface area (Å²) in [7, 11) is 0. The molecule has 3 amide bonds. The number of carbonyl (C=O) groups excluding carboxylic acids is 3. The number of benzene rings is 2. The second-order valence-electron chi connectivity index (χ2n) is 6.88. The van der Waals surface area contributed by atoms with Crippen molar-refractivity contribution >= 4 is 40.5 Å². The van der Waals surface area contributed by atoms with Crippen LogP contribution >= 0.6 is 0 Å². The largest absolute Gasteiger partial charge is 0.326 e. The molecule has 10 nitrogen and oxygen atoms in total. The number of likely N-dealkylation sites (N-methyl/N-ethyl adjacent to an activating group) is 1. The lowest BCUT2D eigenvalue weighted by Crippen LogP contribution is -2.38. The topological polar surface area (TPSA) is 134 Å². The van der Waals surface area contributed by atoms with Gasteiger partial charge in [-0.3, -0.25) is 29.4 Å². The minimum Gasteiger partial charge on any atom is -0.326 e. The minimum absolute atomic E-state index is 0.0345. The van der Waals surface area contributed by atoms with Crippen molar-refractivity contribution in [1.29, 1.82) is 0 Å². The zero-order valence-corrected chi connectivity index (χ0v) is 17.6. The van der Waals surface area contributed by atoms with Crippen LogP contribution in [0.2, 0.25) is 0 Å². The summed E-state index contributed by atoms with van der Waals surface area (Å²) in [5.41, 5.74) is 1.71. The third-order valence-corrected chi connectivity index (χ3v) is 4.38. The molecule has 0 bridgehead atoms. The Morgan fingerprint density at radius 1 is 0.935 bits per heavy atom. The molecule has 0 aromatic heterocycles. The summed E-state index contributed by atoms with van der Waals surface area (Å²) in [6.07, 6.45) is 0. The van der Waals surface area contributed by atoms with Crippen molar-refractivity contribution in [3.63, 3.8) is 0 Å². The molecule has 2 aromatic carbocycles. The molecule has 0 saturated heterocycles. The lowest BCUT2D eigenvalue weighted by molar-refractivity contribution is -0.384. The first-order valence-electron chi connectivity index (χ1n) is 9.63. The number of amides is 3. The van der Waals surface area contributed by atoms with Crippen molar-refractivity contribution in [1.82, 2.24) is 4.90 Å². The van der Waals surface area contributed by atoms with E-state index in [9.17, 15) is 24.5 Å². The molecular formula is C21H25N5O5. The van der Waals surface area contributed by atoms with Crippen LogP contribution in [0.15, 0.2) is 42.5 Å². The number of hydrogen-bond donors (Lipinski definition) is 3. The summed E-state index contributed by atoms with van der Waals surface area (Å²) in [6.45, 7) is 5.18. The maximum absolute atomic E-state index is 12.4. The Labute approximate surface area is 179 Å². The molecule has 10 heteroatoms. The van der Waals surface area contributed by atoms with Crippen molar-refractivity contribution < 1.29 is 19.3 Å². The fourth-order valence-electron chi connectivity index (χ4n) is 2.87. The monoisotopic (exact) mass is 427 g/mol. The molecule has 0 aliphatic rings. The van der Waals surface area contributed by atoms with Gasteiger partial charge in [-0.15, -0.1) is 0 Å². The lowest BCUT2D eigenvalue weighted by Gasteiger charge is -2.19. The van der Waals surface area contributed by atoms with Gasteiger partial charge in [0.25, 0.3) is 5.69 Å². The molecule has 2 aromatic rings. The van der Waals surface area contributed by atoms with Gasteiger partial charge >= 0.3 is 0 Å². The number of rotatable bonds is 9. The van der Waals surface area contributed by atoms with Crippen LogP contribution < -0.4 is 16.0 Å². The van der Waals surface area contributed by atoms with E-state index < -0.39 is 10.8 Å². The van der Waals surface area contributed by atoms with Crippen molar-refractivity contribution in [2.24, 2.45) is 0 Å². The van der Waals surface area contributed by atoms with Gasteiger partial charge in [-0.25, -0.2) is 0 Å². The van der Waals surface area contributed by atoms with E-state index in [1.807, 2.05) is 0 Å². The Bertz CT molecular complexity index is 975. The maximum Gasteiger partial charge on any atom is 0.293 e. The van der Waals surface area contributed by atoms with Crippen LogP contribution in [-0.2, 0) is 14.4 Å². The number of nitro groups is 1. The molecule has 0 aliphatic heterocycles. The molecule has 3 N–H and O–H groups in total. The first-order chi connectivity index (χ1) is 14.7. The molecule has 0 saturated carbocycles. The van der Waals surface area contributed by atoms with Crippen LogP contribution in [-0.4, -0.2) is 47.2 Å². The molecule has 164 valence electrons. The second kappa shape index (κ2) is 10.8. The number of nitro benzene ring substituents is 1. The third-order valence-electron chi connectivity index (χ3n) is 4.38. The standard InChI is InChI=1S/C21H25N5O5/c1-4-25(12-19(28)23-17-10-8-16(9-11-17)22-15(3)27)13-20(29)24-21-14(2)6-5-7-18(21)26(30)31/h5-11H,4,12-13H2,1-3H3,(H,22,27)(H,23,28)(H,24,29). The predicted octanol–water partition coefficient (Wildman–Crippen LogP) is 2.76. The first kappa shape index (κ1) is 23.5. The van der Waals surface area contributed by atoms with Gasteiger partial charge in [-0.2, -0.15) is 0 Å². The van der Waals surface area contributed by atoms with Crippen molar-refractivity contribution in [2.45, 2.75) is 20.8 Å². The van der Waals surface area contributed by atoms with Gasteiger partial charge < -0.3 is 16.0 Å². The van der Waals surface area contributed by atoms with E-state index in [1.165, 1.54) is 13.0 Å². The molecule has 0 unspecified atom stereocenters. The maximum atomic E-state index is 12.4. The summed E-state index contributed by atoms with van der Waals surface area (Å²) >= 11 is 0. The van der Waals surface area contributed by atoms with E-state index in [-0.39, 0.29) is 36.3 Å². The number of anilines is 3. The van der Waals surface area contributed by atoms with Gasteiger partial charge in [0.2, 0.25) is 17.7 Å². The number of para-hydroxylation sites is 1. The van der Waals surface area contributed by atoms with Crippen molar-refractivity contribution in [3.8, 4) is 0 Å². The number of aryl methyl sites for hydroxylation is 1. The molecule has 2 rings (SSSR count). The van der Waals surface area contributed by atoms with E-state index in [4.69, 9.17) is 0 Å². The molecular weight excluding hydrogens is 402 g/mol. The van der Waals surface area contributed by atoms with E-state index in [1.54, 1.807) is 55.1 Å². The molecule has 0 spiro atoms. The summed E-state index contributed by atoms with van der Waals surface area (Å²) in [4.78, 5) is 48.1. The normalized spacial score (nSPS) is 10.5. The SMILES string of the molecule is CCN(CC(=O)Nc1ccc(NC(C)=O)cc1)CC(=O)Nc1c(C)cccc1[N+](=O)[O-]. The van der Waals surface area contributed by atoms with Gasteiger partial charge in [-0.05, 0) is 43.3 Å². The number of nitrogens with zero attached hydrogens (tertiary/aromatic N) is 2. The molecule has 0 heterocycles. The first-order valence-corrected chi connectivity index (χ1v) is 9.63. The second-order valence-corrected chi connectivity index (χ2v) is 6.88. The summed E-state index contributed by atoms with van der Waals surface area (Å²) in [5, 5.41) is 19.1. The van der Waals surface area contributed by atoms with Crippen LogP contribution in [0.3, 0.4) is 0 Å². The van der Waals surface area contributed by atoms with Crippen LogP contribution in [0, 0.1) is 17.0 Å². The quantitative estimate of drug-likeness (QED) is 0.416. The molecule has 31 heavy (non-hydrogen) atoms. The smallest absolute Gasteiger partial charge is 0.293 e. The highest BCUT2D eigenvalue weighted by Crippen LogP contribution is 2.27. The summed E-state index contributed by atoms with van der Waals surface area (Å²) < 4.78 is 0. The zero-order valence-electron chi connectivity index (χ0n) is 17.6. The highest BCUT2D eigenvalue weighted by Gasteiger charge is 2.19. The molecule has 0 atom stereocenters. The number of carbonyl (C=O) groups is 3. The van der Waals surface area contributed by atoms with Crippen molar-refractivity contribution in [3.05, 3.63) is 58.1 Å². The number of hydrogen-bond acceptors (Lipinski definition) is 6. The Morgan fingerprint density at radius 2 is 1.48 bits per heavy atom. The summed E-state index contributed by atoms with van der Waals surface area (Å²) in [6, 6.07) is 11.2. The Morgan fingerprint density at radius 3 is 2.00 bits per heavy atom. The van der Waals surface area contributed by atoms with Gasteiger partial charge in [0.05, 0.1) is 18.0 Å². The van der Waals surface area contributed by atoms with Gasteiger partial charge in [0.1, 0.15) is 5.69 Å². The van der Waals surface area contributed by atoms with E-state index >= 15 is 0 Å². The zero-order chi connectivity index (χ0) is 23.0. The van der Waals surface area contributed by atoms with Gasteiger partial charge in [-0.1, -0.05) is 19.1 Å². The van der Waals surface area contributed by atoms with Crippen LogP contribution in [0.25, 0.3) is 0 Å². The molecule has 0 fully saturated rings. The molecule has 0 aliphatic carbocycles. The van der Waals surface area contributed by atoms with Crippen LogP contribution in [0.4, 0.5) is 22.7 Å². The Hall–Kier alpha value is -3.79. The van der Waals surface area contributed by atoms with Gasteiger partial charge in [0, 0.05) is 24.4 Å². The average Bonchev–Trinajstić information content (AvgIpc) is 2.69. The highest BCUT2D eigenvalue weighted by atomic mass is 16.6. The number of nitrogens with one attached hydrogen (secondary N) is 3. The van der Waals surface area contributed by atoms with Gasteiger partial charge in [0.15, 0.2) is 0 Å². The van der Waals surface area contributed by atoms with E-state index in [0.717, 1.165) is 0 Å². The Kier molecular flexibility index (Phi) is 8.21.